The van der Waals surface area contributed by atoms with Crippen molar-refractivity contribution in [1.29, 1.82) is 0 Å². The number of carbonyl (C=O) groups excluding carboxylic acids is 2. The average molecular weight is 388 g/mol. The first-order chi connectivity index (χ1) is 12.9. The van der Waals surface area contributed by atoms with Crippen molar-refractivity contribution in [2.75, 3.05) is 19.5 Å². The predicted octanol–water partition coefficient (Wildman–Crippen LogP) is 3.17. The molecule has 3 rings (SSSR count). The molecule has 1 heterocycles. The zero-order chi connectivity index (χ0) is 19.6. The number of methoxy groups -OCH3 is 2. The minimum atomic E-state index is -0.487. The maximum Gasteiger partial charge on any atom is 0.251 e. The monoisotopic (exact) mass is 388 g/mol. The Morgan fingerprint density at radius 3 is 2.74 bits per heavy atom. The normalized spacial score (nSPS) is 15.7. The van der Waals surface area contributed by atoms with Gasteiger partial charge >= 0.3 is 0 Å². The number of carbonyl (C=O) groups is 2. The van der Waals surface area contributed by atoms with Gasteiger partial charge in [-0.25, -0.2) is 0 Å². The molecule has 0 radical (unpaired) electrons. The molecule has 0 bridgehead atoms. The summed E-state index contributed by atoms with van der Waals surface area (Å²) in [6.07, 6.45) is 2.90. The van der Waals surface area contributed by atoms with E-state index in [-0.39, 0.29) is 12.3 Å². The number of benzene rings is 1. The molecule has 3 N–H and O–H groups in total. The lowest BCUT2D eigenvalue weighted by molar-refractivity contribution is -0.115. The molecule has 1 aromatic carbocycles. The van der Waals surface area contributed by atoms with Gasteiger partial charge in [-0.1, -0.05) is 13.0 Å². The third-order valence-electron chi connectivity index (χ3n) is 4.86. The van der Waals surface area contributed by atoms with Crippen LogP contribution in [0.1, 0.15) is 39.7 Å². The first-order valence-electron chi connectivity index (χ1n) is 8.88. The molecule has 1 unspecified atom stereocenters. The Hall–Kier alpha value is -2.54. The van der Waals surface area contributed by atoms with Gasteiger partial charge in [0.05, 0.1) is 26.2 Å². The fraction of sp³-hybridized carbons (Fsp3) is 0.400. The molecule has 6 nitrogen and oxygen atoms in total. The van der Waals surface area contributed by atoms with E-state index in [1.807, 2.05) is 0 Å². The number of fused-ring (bicyclic) bond motifs is 1. The number of nitrogens with two attached hydrogens (primary N) is 1. The number of amides is 2. The number of hydrogen-bond acceptors (Lipinski definition) is 5. The van der Waals surface area contributed by atoms with Gasteiger partial charge in [-0.3, -0.25) is 9.59 Å². The summed E-state index contributed by atoms with van der Waals surface area (Å²) < 4.78 is 10.5. The molecule has 1 atom stereocenters. The summed E-state index contributed by atoms with van der Waals surface area (Å²) in [5, 5.41) is 3.44. The second-order valence-electron chi connectivity index (χ2n) is 6.82. The molecule has 0 fully saturated rings. The van der Waals surface area contributed by atoms with Crippen LogP contribution in [0.25, 0.3) is 0 Å². The number of primary amides is 1. The number of rotatable bonds is 6. The highest BCUT2D eigenvalue weighted by molar-refractivity contribution is 7.17. The van der Waals surface area contributed by atoms with E-state index in [1.54, 1.807) is 32.4 Å². The van der Waals surface area contributed by atoms with Gasteiger partial charge in [0.25, 0.3) is 5.91 Å². The maximum absolute atomic E-state index is 12.6. The lowest BCUT2D eigenvalue weighted by atomic mass is 9.88. The first-order valence-corrected chi connectivity index (χ1v) is 9.69. The second-order valence-corrected chi connectivity index (χ2v) is 7.93. The number of thiophene rings is 1. The van der Waals surface area contributed by atoms with Gasteiger partial charge in [-0.05, 0) is 36.8 Å². The zero-order valence-corrected chi connectivity index (χ0v) is 16.6. The van der Waals surface area contributed by atoms with Crippen LogP contribution in [0.2, 0.25) is 0 Å². The van der Waals surface area contributed by atoms with Crippen LogP contribution < -0.4 is 20.5 Å². The van der Waals surface area contributed by atoms with Gasteiger partial charge < -0.3 is 20.5 Å². The Morgan fingerprint density at radius 2 is 2.07 bits per heavy atom. The Morgan fingerprint density at radius 1 is 1.30 bits per heavy atom. The first kappa shape index (κ1) is 19.2. The highest BCUT2D eigenvalue weighted by atomic mass is 32.1. The highest BCUT2D eigenvalue weighted by Gasteiger charge is 2.27. The molecule has 0 saturated heterocycles. The molecule has 0 spiro atoms. The van der Waals surface area contributed by atoms with Crippen molar-refractivity contribution >= 4 is 28.2 Å². The minimum absolute atomic E-state index is 0.129. The van der Waals surface area contributed by atoms with Crippen LogP contribution in [0, 0.1) is 5.92 Å². The summed E-state index contributed by atoms with van der Waals surface area (Å²) in [7, 11) is 3.13. The van der Waals surface area contributed by atoms with Crippen molar-refractivity contribution in [2.24, 2.45) is 11.7 Å². The molecule has 1 aliphatic rings. The molecule has 2 aromatic rings. The summed E-state index contributed by atoms with van der Waals surface area (Å²) in [5.74, 6) is 1.11. The molecular weight excluding hydrogens is 364 g/mol. The molecule has 0 aliphatic heterocycles. The Labute approximate surface area is 162 Å². The van der Waals surface area contributed by atoms with Crippen molar-refractivity contribution in [3.63, 3.8) is 0 Å². The van der Waals surface area contributed by atoms with E-state index >= 15 is 0 Å². The molecule has 1 aliphatic carbocycles. The van der Waals surface area contributed by atoms with Crippen LogP contribution >= 0.6 is 11.3 Å². The fourth-order valence-corrected chi connectivity index (χ4v) is 4.87. The number of nitrogens with one attached hydrogen (secondary N) is 1. The van der Waals surface area contributed by atoms with Crippen LogP contribution in [0.5, 0.6) is 11.5 Å². The van der Waals surface area contributed by atoms with Crippen molar-refractivity contribution in [3.05, 3.63) is 39.8 Å². The van der Waals surface area contributed by atoms with Crippen molar-refractivity contribution < 1.29 is 19.1 Å². The van der Waals surface area contributed by atoms with Crippen molar-refractivity contribution in [3.8, 4) is 11.5 Å². The SMILES string of the molecule is COc1ccc(CC(=O)Nc2sc3c(c2C(N)=O)CCC(C)C3)c(OC)c1. The van der Waals surface area contributed by atoms with Crippen molar-refractivity contribution in [2.45, 2.75) is 32.6 Å². The number of ether oxygens (including phenoxy) is 2. The van der Waals surface area contributed by atoms with Crippen LogP contribution in [0.3, 0.4) is 0 Å². The summed E-state index contributed by atoms with van der Waals surface area (Å²) in [4.78, 5) is 25.8. The van der Waals surface area contributed by atoms with Crippen LogP contribution in [-0.4, -0.2) is 26.0 Å². The standard InChI is InChI=1S/C20H24N2O4S/c1-11-4-7-14-16(8-11)27-20(18(14)19(21)24)22-17(23)9-12-5-6-13(25-2)10-15(12)26-3/h5-6,10-11H,4,7-9H2,1-3H3,(H2,21,24)(H,22,23). The number of anilines is 1. The Balaban J connectivity index is 1.82. The summed E-state index contributed by atoms with van der Waals surface area (Å²) >= 11 is 1.46. The third-order valence-corrected chi connectivity index (χ3v) is 6.03. The maximum atomic E-state index is 12.6. The molecule has 7 heteroatoms. The topological polar surface area (TPSA) is 90.6 Å². The molecule has 27 heavy (non-hydrogen) atoms. The average Bonchev–Trinajstić information content (AvgIpc) is 2.98. The van der Waals surface area contributed by atoms with Gasteiger partial charge in [0.2, 0.25) is 5.91 Å². The van der Waals surface area contributed by atoms with Crippen LogP contribution in [-0.2, 0) is 24.1 Å². The predicted molar refractivity (Wildman–Crippen MR) is 106 cm³/mol. The van der Waals surface area contributed by atoms with Crippen molar-refractivity contribution in [1.82, 2.24) is 0 Å². The molecule has 144 valence electrons. The van der Waals surface area contributed by atoms with E-state index in [4.69, 9.17) is 15.2 Å². The molecule has 2 amide bonds. The second kappa shape index (κ2) is 8.00. The van der Waals surface area contributed by atoms with E-state index in [0.29, 0.717) is 28.0 Å². The quantitative estimate of drug-likeness (QED) is 0.795. The smallest absolute Gasteiger partial charge is 0.251 e. The summed E-state index contributed by atoms with van der Waals surface area (Å²) in [5.41, 5.74) is 7.82. The number of hydrogen-bond donors (Lipinski definition) is 2. The van der Waals surface area contributed by atoms with E-state index in [2.05, 4.69) is 12.2 Å². The minimum Gasteiger partial charge on any atom is -0.497 e. The van der Waals surface area contributed by atoms with E-state index in [9.17, 15) is 9.59 Å². The van der Waals surface area contributed by atoms with Gasteiger partial charge in [0, 0.05) is 16.5 Å². The van der Waals surface area contributed by atoms with Crippen LogP contribution in [0.4, 0.5) is 5.00 Å². The molecule has 0 saturated carbocycles. The van der Waals surface area contributed by atoms with Gasteiger partial charge in [-0.2, -0.15) is 0 Å². The lowest BCUT2D eigenvalue weighted by Gasteiger charge is -2.18. The van der Waals surface area contributed by atoms with E-state index in [1.165, 1.54) is 11.3 Å². The highest BCUT2D eigenvalue weighted by Crippen LogP contribution is 2.39. The zero-order valence-electron chi connectivity index (χ0n) is 15.8. The molecular formula is C20H24N2O4S. The Kier molecular flexibility index (Phi) is 5.70. The summed E-state index contributed by atoms with van der Waals surface area (Å²) in [6, 6.07) is 5.32. The van der Waals surface area contributed by atoms with Gasteiger partial charge in [0.15, 0.2) is 0 Å². The van der Waals surface area contributed by atoms with Crippen LogP contribution in [0.15, 0.2) is 18.2 Å². The summed E-state index contributed by atoms with van der Waals surface area (Å²) in [6.45, 7) is 2.20. The lowest BCUT2D eigenvalue weighted by Crippen LogP contribution is -2.20. The van der Waals surface area contributed by atoms with Gasteiger partial charge in [0.1, 0.15) is 16.5 Å². The largest absolute Gasteiger partial charge is 0.497 e. The Bertz CT molecular complexity index is 875. The van der Waals surface area contributed by atoms with E-state index < -0.39 is 5.91 Å². The van der Waals surface area contributed by atoms with Gasteiger partial charge in [-0.15, -0.1) is 11.3 Å². The fourth-order valence-electron chi connectivity index (χ4n) is 3.44. The molecule has 1 aromatic heterocycles. The third kappa shape index (κ3) is 4.08. The van der Waals surface area contributed by atoms with E-state index in [0.717, 1.165) is 35.3 Å².